The fraction of sp³-hybridized carbons (Fsp3) is 0.533. The number of hydrogen-bond acceptors (Lipinski definition) is 3. The number of hydrogen-bond donors (Lipinski definition) is 1. The van der Waals surface area contributed by atoms with Gasteiger partial charge in [0.25, 0.3) is 0 Å². The van der Waals surface area contributed by atoms with E-state index in [9.17, 15) is 5.26 Å². The number of anilines is 1. The maximum absolute atomic E-state index is 9.27. The van der Waals surface area contributed by atoms with Crippen LogP contribution in [0.3, 0.4) is 0 Å². The Balaban J connectivity index is 1.86. The van der Waals surface area contributed by atoms with Crippen LogP contribution < -0.4 is 10.2 Å². The van der Waals surface area contributed by atoms with Gasteiger partial charge in [-0.3, -0.25) is 0 Å². The van der Waals surface area contributed by atoms with Crippen LogP contribution in [-0.4, -0.2) is 25.7 Å². The molecule has 2 fully saturated rings. The van der Waals surface area contributed by atoms with E-state index in [1.165, 1.54) is 12.8 Å². The van der Waals surface area contributed by atoms with E-state index in [0.29, 0.717) is 6.04 Å². The number of nitrogens with zero attached hydrogens (tertiary/aromatic N) is 2. The second-order valence-electron chi connectivity index (χ2n) is 5.50. The van der Waals surface area contributed by atoms with Crippen molar-refractivity contribution in [3.05, 3.63) is 29.3 Å². The van der Waals surface area contributed by atoms with Gasteiger partial charge in [-0.2, -0.15) is 5.26 Å². The standard InChI is InChI=1S/C15H19N3/c1-11-4-5-15(13(7-11)8-16)18-9-12-3-2-6-17-14(12)10-18/h4-5,7,12,14,17H,2-3,6,9-10H2,1H3/t12-,14+/m0/s1. The van der Waals surface area contributed by atoms with Crippen molar-refractivity contribution in [1.82, 2.24) is 5.32 Å². The first-order valence-corrected chi connectivity index (χ1v) is 6.77. The number of nitrogens with one attached hydrogen (secondary N) is 1. The van der Waals surface area contributed by atoms with Gasteiger partial charge in [-0.1, -0.05) is 6.07 Å². The van der Waals surface area contributed by atoms with Crippen LogP contribution in [0.1, 0.15) is 24.0 Å². The number of fused-ring (bicyclic) bond motifs is 1. The average Bonchev–Trinajstić information content (AvgIpc) is 2.82. The predicted octanol–water partition coefficient (Wildman–Crippen LogP) is 2.05. The summed E-state index contributed by atoms with van der Waals surface area (Å²) in [5.41, 5.74) is 3.08. The lowest BCUT2D eigenvalue weighted by molar-refractivity contribution is 0.340. The highest BCUT2D eigenvalue weighted by Gasteiger charge is 2.34. The Morgan fingerprint density at radius 3 is 3.06 bits per heavy atom. The first-order valence-electron chi connectivity index (χ1n) is 6.77. The van der Waals surface area contributed by atoms with E-state index < -0.39 is 0 Å². The third kappa shape index (κ3) is 1.97. The Morgan fingerprint density at radius 2 is 2.28 bits per heavy atom. The summed E-state index contributed by atoms with van der Waals surface area (Å²) in [7, 11) is 0. The molecular weight excluding hydrogens is 222 g/mol. The minimum absolute atomic E-state index is 0.617. The smallest absolute Gasteiger partial charge is 0.101 e. The zero-order valence-electron chi connectivity index (χ0n) is 10.8. The quantitative estimate of drug-likeness (QED) is 0.818. The summed E-state index contributed by atoms with van der Waals surface area (Å²) in [5, 5.41) is 12.9. The van der Waals surface area contributed by atoms with Crippen LogP contribution in [-0.2, 0) is 0 Å². The largest absolute Gasteiger partial charge is 0.369 e. The molecule has 18 heavy (non-hydrogen) atoms. The molecule has 0 radical (unpaired) electrons. The van der Waals surface area contributed by atoms with Gasteiger partial charge in [0.2, 0.25) is 0 Å². The fourth-order valence-electron chi connectivity index (χ4n) is 3.26. The van der Waals surface area contributed by atoms with Crippen molar-refractivity contribution in [3.63, 3.8) is 0 Å². The summed E-state index contributed by atoms with van der Waals surface area (Å²) in [6.45, 7) is 5.32. The van der Waals surface area contributed by atoms with Gasteiger partial charge in [-0.15, -0.1) is 0 Å². The van der Waals surface area contributed by atoms with Gasteiger partial charge in [-0.05, 0) is 49.9 Å². The molecule has 0 unspecified atom stereocenters. The molecule has 2 aliphatic heterocycles. The highest BCUT2D eigenvalue weighted by Crippen LogP contribution is 2.31. The highest BCUT2D eigenvalue weighted by molar-refractivity contribution is 5.61. The van der Waals surface area contributed by atoms with E-state index in [4.69, 9.17) is 0 Å². The highest BCUT2D eigenvalue weighted by atomic mass is 15.2. The van der Waals surface area contributed by atoms with Crippen LogP contribution in [0.5, 0.6) is 0 Å². The van der Waals surface area contributed by atoms with Crippen molar-refractivity contribution in [2.45, 2.75) is 25.8 Å². The molecule has 2 heterocycles. The second-order valence-corrected chi connectivity index (χ2v) is 5.50. The molecule has 2 aliphatic rings. The molecule has 94 valence electrons. The minimum atomic E-state index is 0.617. The van der Waals surface area contributed by atoms with E-state index in [2.05, 4.69) is 28.4 Å². The summed E-state index contributed by atoms with van der Waals surface area (Å²) >= 11 is 0. The molecule has 0 bridgehead atoms. The van der Waals surface area contributed by atoms with Gasteiger partial charge >= 0.3 is 0 Å². The van der Waals surface area contributed by atoms with Gasteiger partial charge in [0, 0.05) is 19.1 Å². The predicted molar refractivity (Wildman–Crippen MR) is 72.6 cm³/mol. The van der Waals surface area contributed by atoms with Crippen molar-refractivity contribution in [2.75, 3.05) is 24.5 Å². The first-order chi connectivity index (χ1) is 8.78. The molecule has 0 saturated carbocycles. The molecule has 2 saturated heterocycles. The van der Waals surface area contributed by atoms with Gasteiger partial charge < -0.3 is 10.2 Å². The Labute approximate surface area is 108 Å². The first kappa shape index (κ1) is 11.6. The van der Waals surface area contributed by atoms with Gasteiger partial charge in [0.05, 0.1) is 11.3 Å². The van der Waals surface area contributed by atoms with Crippen molar-refractivity contribution in [1.29, 1.82) is 5.26 Å². The van der Waals surface area contributed by atoms with E-state index in [0.717, 1.165) is 42.4 Å². The number of piperidine rings is 1. The van der Waals surface area contributed by atoms with E-state index in [1.54, 1.807) is 0 Å². The van der Waals surface area contributed by atoms with E-state index in [-0.39, 0.29) is 0 Å². The van der Waals surface area contributed by atoms with Crippen LogP contribution in [0.15, 0.2) is 18.2 Å². The molecule has 0 spiro atoms. The maximum atomic E-state index is 9.27. The second kappa shape index (κ2) is 4.62. The van der Waals surface area contributed by atoms with Gasteiger partial charge in [0.1, 0.15) is 6.07 Å². The summed E-state index contributed by atoms with van der Waals surface area (Å²) in [5.74, 6) is 0.756. The zero-order chi connectivity index (χ0) is 12.5. The van der Waals surface area contributed by atoms with Crippen molar-refractivity contribution < 1.29 is 0 Å². The Hall–Kier alpha value is -1.53. The lowest BCUT2D eigenvalue weighted by atomic mass is 9.94. The van der Waals surface area contributed by atoms with Crippen LogP contribution in [0.4, 0.5) is 5.69 Å². The molecule has 2 atom stereocenters. The Kier molecular flexibility index (Phi) is 2.97. The number of benzene rings is 1. The molecule has 3 heteroatoms. The average molecular weight is 241 g/mol. The monoisotopic (exact) mass is 241 g/mol. The summed E-state index contributed by atoms with van der Waals surface area (Å²) in [4.78, 5) is 2.38. The lowest BCUT2D eigenvalue weighted by Gasteiger charge is -2.24. The van der Waals surface area contributed by atoms with Gasteiger partial charge in [-0.25, -0.2) is 0 Å². The van der Waals surface area contributed by atoms with Crippen molar-refractivity contribution in [2.24, 2.45) is 5.92 Å². The van der Waals surface area contributed by atoms with Crippen LogP contribution in [0, 0.1) is 24.2 Å². The Bertz CT molecular complexity index is 475. The SMILES string of the molecule is Cc1ccc(N2C[C@@H]3CCCN[C@@H]3C2)c(C#N)c1. The maximum Gasteiger partial charge on any atom is 0.101 e. The molecule has 1 aromatic carbocycles. The van der Waals surface area contributed by atoms with Crippen LogP contribution in [0.25, 0.3) is 0 Å². The summed E-state index contributed by atoms with van der Waals surface area (Å²) in [6.07, 6.45) is 2.61. The number of aryl methyl sites for hydroxylation is 1. The van der Waals surface area contributed by atoms with Crippen LogP contribution >= 0.6 is 0 Å². The molecular formula is C15H19N3. The Morgan fingerprint density at radius 1 is 1.39 bits per heavy atom. The molecule has 1 N–H and O–H groups in total. The van der Waals surface area contributed by atoms with Crippen LogP contribution in [0.2, 0.25) is 0 Å². The third-order valence-electron chi connectivity index (χ3n) is 4.21. The molecule has 3 rings (SSSR count). The lowest BCUT2D eigenvalue weighted by Crippen LogP contribution is -2.40. The summed E-state index contributed by atoms with van der Waals surface area (Å²) in [6, 6.07) is 9.15. The fourth-order valence-corrected chi connectivity index (χ4v) is 3.26. The normalized spacial score (nSPS) is 26.8. The zero-order valence-corrected chi connectivity index (χ0v) is 10.8. The molecule has 1 aromatic rings. The molecule has 0 amide bonds. The van der Waals surface area contributed by atoms with Gasteiger partial charge in [0.15, 0.2) is 0 Å². The third-order valence-corrected chi connectivity index (χ3v) is 4.21. The van der Waals surface area contributed by atoms with Crippen molar-refractivity contribution in [3.8, 4) is 6.07 Å². The van der Waals surface area contributed by atoms with E-state index in [1.807, 2.05) is 13.0 Å². The molecule has 3 nitrogen and oxygen atoms in total. The topological polar surface area (TPSA) is 39.1 Å². The molecule has 0 aliphatic carbocycles. The summed E-state index contributed by atoms with van der Waals surface area (Å²) < 4.78 is 0. The number of nitriles is 1. The molecule has 0 aromatic heterocycles. The van der Waals surface area contributed by atoms with E-state index >= 15 is 0 Å². The van der Waals surface area contributed by atoms with Crippen molar-refractivity contribution >= 4 is 5.69 Å². The minimum Gasteiger partial charge on any atom is -0.369 e. The number of rotatable bonds is 1.